The van der Waals surface area contributed by atoms with E-state index in [1.165, 1.54) is 0 Å². The molecule has 0 aliphatic carbocycles. The van der Waals surface area contributed by atoms with Crippen LogP contribution < -0.4 is 10.6 Å². The first-order chi connectivity index (χ1) is 7.73. The lowest BCUT2D eigenvalue weighted by Gasteiger charge is -2.15. The van der Waals surface area contributed by atoms with Crippen LogP contribution in [0.15, 0.2) is 0 Å². The van der Waals surface area contributed by atoms with E-state index in [-0.39, 0.29) is 30.3 Å². The van der Waals surface area contributed by atoms with Crippen LogP contribution in [0.25, 0.3) is 0 Å². The zero-order chi connectivity index (χ0) is 13.6. The fraction of sp³-hybridized carbons (Fsp3) is 0.750. The summed E-state index contributed by atoms with van der Waals surface area (Å²) >= 11 is 0. The van der Waals surface area contributed by atoms with Crippen molar-refractivity contribution >= 4 is 17.6 Å². The Morgan fingerprint density at radius 1 is 0.941 bits per heavy atom. The summed E-state index contributed by atoms with van der Waals surface area (Å²) in [5.41, 5.74) is 0. The Bertz CT molecular complexity index is 298. The van der Waals surface area contributed by atoms with Gasteiger partial charge in [0, 0.05) is 24.4 Å². The zero-order valence-electron chi connectivity index (χ0n) is 11.2. The summed E-state index contributed by atoms with van der Waals surface area (Å²) in [7, 11) is 0. The van der Waals surface area contributed by atoms with Crippen molar-refractivity contribution < 1.29 is 14.4 Å². The molecule has 5 heteroatoms. The molecule has 0 saturated carbocycles. The van der Waals surface area contributed by atoms with Gasteiger partial charge in [-0.25, -0.2) is 0 Å². The zero-order valence-corrected chi connectivity index (χ0v) is 11.2. The fourth-order valence-electron chi connectivity index (χ4n) is 1.27. The highest BCUT2D eigenvalue weighted by molar-refractivity contribution is 6.36. The average molecular weight is 242 g/mol. The van der Waals surface area contributed by atoms with Crippen LogP contribution in [0.3, 0.4) is 0 Å². The molecule has 1 atom stereocenters. The van der Waals surface area contributed by atoms with Gasteiger partial charge in [0.05, 0.1) is 0 Å². The maximum atomic E-state index is 11.4. The van der Waals surface area contributed by atoms with Crippen LogP contribution in [0.1, 0.15) is 41.0 Å². The van der Waals surface area contributed by atoms with Crippen LogP contribution >= 0.6 is 0 Å². The highest BCUT2D eigenvalue weighted by Gasteiger charge is 2.20. The van der Waals surface area contributed by atoms with Crippen LogP contribution in [0, 0.1) is 5.92 Å². The Kier molecular flexibility index (Phi) is 6.46. The summed E-state index contributed by atoms with van der Waals surface area (Å²) in [6.45, 7) is 8.76. The number of rotatable bonds is 6. The molecule has 0 rings (SSSR count). The number of carbonyl (C=O) groups excluding carboxylic acids is 3. The Morgan fingerprint density at radius 3 is 1.88 bits per heavy atom. The van der Waals surface area contributed by atoms with E-state index in [9.17, 15) is 14.4 Å². The molecule has 0 radical (unpaired) electrons. The van der Waals surface area contributed by atoms with Crippen LogP contribution in [0.5, 0.6) is 0 Å². The number of amides is 2. The van der Waals surface area contributed by atoms with Crippen LogP contribution in [0.2, 0.25) is 0 Å². The molecule has 0 bridgehead atoms. The molecule has 0 aromatic rings. The minimum atomic E-state index is -0.621. The maximum Gasteiger partial charge on any atom is 0.287 e. The third kappa shape index (κ3) is 6.71. The summed E-state index contributed by atoms with van der Waals surface area (Å²) in [4.78, 5) is 34.1. The van der Waals surface area contributed by atoms with Gasteiger partial charge >= 0.3 is 0 Å². The average Bonchev–Trinajstić information content (AvgIpc) is 2.13. The van der Waals surface area contributed by atoms with Crippen molar-refractivity contribution in [2.45, 2.75) is 53.1 Å². The highest BCUT2D eigenvalue weighted by Crippen LogP contribution is 1.97. The van der Waals surface area contributed by atoms with Crippen LogP contribution in [-0.2, 0) is 14.4 Å². The molecule has 0 saturated heterocycles. The summed E-state index contributed by atoms with van der Waals surface area (Å²) in [6, 6.07) is -0.272. The number of hydrogen-bond donors (Lipinski definition) is 2. The molecule has 5 nitrogen and oxygen atoms in total. The number of hydrogen-bond acceptors (Lipinski definition) is 3. The van der Waals surface area contributed by atoms with Gasteiger partial charge in [0.1, 0.15) is 0 Å². The van der Waals surface area contributed by atoms with E-state index in [1.54, 1.807) is 20.8 Å². The summed E-state index contributed by atoms with van der Waals surface area (Å²) in [6.07, 6.45) is 0.176. The van der Waals surface area contributed by atoms with Crippen molar-refractivity contribution in [1.82, 2.24) is 10.6 Å². The Hall–Kier alpha value is -1.39. The molecule has 0 spiro atoms. The van der Waals surface area contributed by atoms with E-state index in [0.29, 0.717) is 0 Å². The Balaban J connectivity index is 4.10. The lowest BCUT2D eigenvalue weighted by Crippen LogP contribution is -2.42. The van der Waals surface area contributed by atoms with E-state index in [4.69, 9.17) is 0 Å². The predicted octanol–water partition coefficient (Wildman–Crippen LogP) is 0.631. The molecule has 98 valence electrons. The molecule has 0 aliphatic rings. The number of carbonyl (C=O) groups is 3. The molecular formula is C12H22N2O3. The minimum absolute atomic E-state index is 0.0719. The van der Waals surface area contributed by atoms with Crippen LogP contribution in [-0.4, -0.2) is 29.7 Å². The summed E-state index contributed by atoms with van der Waals surface area (Å²) in [5, 5.41) is 5.24. The van der Waals surface area contributed by atoms with E-state index < -0.39 is 11.7 Å². The van der Waals surface area contributed by atoms with Crippen molar-refractivity contribution in [2.75, 3.05) is 0 Å². The molecule has 0 fully saturated rings. The third-order valence-corrected chi connectivity index (χ3v) is 2.07. The second kappa shape index (κ2) is 7.04. The second-order valence-electron chi connectivity index (χ2n) is 4.82. The standard InChI is InChI=1S/C12H22N2O3/c1-7(2)11(16)12(17)14-9(5)6-10(15)13-8(3)4/h7-9H,6H2,1-5H3,(H,13,15)(H,14,17). The van der Waals surface area contributed by atoms with Gasteiger partial charge in [-0.2, -0.15) is 0 Å². The molecular weight excluding hydrogens is 220 g/mol. The van der Waals surface area contributed by atoms with Gasteiger partial charge < -0.3 is 10.6 Å². The first-order valence-corrected chi connectivity index (χ1v) is 5.88. The molecule has 0 aromatic carbocycles. The SMILES string of the molecule is CC(C)NC(=O)CC(C)NC(=O)C(=O)C(C)C. The highest BCUT2D eigenvalue weighted by atomic mass is 16.2. The van der Waals surface area contributed by atoms with Gasteiger partial charge in [-0.1, -0.05) is 13.8 Å². The van der Waals surface area contributed by atoms with Crippen molar-refractivity contribution in [3.63, 3.8) is 0 Å². The largest absolute Gasteiger partial charge is 0.354 e. The maximum absolute atomic E-state index is 11.4. The molecule has 1 unspecified atom stereocenters. The van der Waals surface area contributed by atoms with E-state index >= 15 is 0 Å². The number of ketones is 1. The molecule has 2 N–H and O–H groups in total. The molecule has 0 aliphatic heterocycles. The summed E-state index contributed by atoms with van der Waals surface area (Å²) in [5.74, 6) is -1.54. The van der Waals surface area contributed by atoms with Gasteiger partial charge in [-0.3, -0.25) is 14.4 Å². The molecule has 0 aromatic heterocycles. The lowest BCUT2D eigenvalue weighted by molar-refractivity contribution is -0.140. The quantitative estimate of drug-likeness (QED) is 0.671. The number of nitrogens with one attached hydrogen (secondary N) is 2. The van der Waals surface area contributed by atoms with Crippen LogP contribution in [0.4, 0.5) is 0 Å². The Labute approximate surface area is 102 Å². The van der Waals surface area contributed by atoms with E-state index in [1.807, 2.05) is 13.8 Å². The van der Waals surface area contributed by atoms with Gasteiger partial charge in [-0.15, -0.1) is 0 Å². The molecule has 17 heavy (non-hydrogen) atoms. The van der Waals surface area contributed by atoms with Crippen molar-refractivity contribution in [3.8, 4) is 0 Å². The Morgan fingerprint density at radius 2 is 1.47 bits per heavy atom. The topological polar surface area (TPSA) is 75.3 Å². The second-order valence-corrected chi connectivity index (χ2v) is 4.82. The normalized spacial score (nSPS) is 12.4. The van der Waals surface area contributed by atoms with Crippen molar-refractivity contribution in [2.24, 2.45) is 5.92 Å². The minimum Gasteiger partial charge on any atom is -0.354 e. The molecule has 2 amide bonds. The van der Waals surface area contributed by atoms with Crippen molar-refractivity contribution in [3.05, 3.63) is 0 Å². The predicted molar refractivity (Wildman–Crippen MR) is 65.3 cm³/mol. The first kappa shape index (κ1) is 15.6. The van der Waals surface area contributed by atoms with Gasteiger partial charge in [0.15, 0.2) is 0 Å². The van der Waals surface area contributed by atoms with E-state index in [0.717, 1.165) is 0 Å². The molecule has 0 heterocycles. The van der Waals surface area contributed by atoms with Crippen molar-refractivity contribution in [1.29, 1.82) is 0 Å². The third-order valence-electron chi connectivity index (χ3n) is 2.07. The van der Waals surface area contributed by atoms with Gasteiger partial charge in [0.2, 0.25) is 11.7 Å². The number of Topliss-reactive ketones (excluding diaryl/α,β-unsaturated/α-hetero) is 1. The smallest absolute Gasteiger partial charge is 0.287 e. The van der Waals surface area contributed by atoms with Gasteiger partial charge in [0.25, 0.3) is 5.91 Å². The fourth-order valence-corrected chi connectivity index (χ4v) is 1.27. The van der Waals surface area contributed by atoms with E-state index in [2.05, 4.69) is 10.6 Å². The monoisotopic (exact) mass is 242 g/mol. The lowest BCUT2D eigenvalue weighted by atomic mass is 10.1. The van der Waals surface area contributed by atoms with Gasteiger partial charge in [-0.05, 0) is 20.8 Å². The summed E-state index contributed by atoms with van der Waals surface area (Å²) < 4.78 is 0. The first-order valence-electron chi connectivity index (χ1n) is 5.88.